The van der Waals surface area contributed by atoms with Gasteiger partial charge in [0.05, 0.1) is 25.3 Å². The number of rotatable bonds is 6. The van der Waals surface area contributed by atoms with Gasteiger partial charge in [0.25, 0.3) is 0 Å². The van der Waals surface area contributed by atoms with E-state index in [4.69, 9.17) is 9.47 Å². The Labute approximate surface area is 132 Å². The summed E-state index contributed by atoms with van der Waals surface area (Å²) in [5.74, 6) is 0.173. The lowest BCUT2D eigenvalue weighted by Gasteiger charge is -2.08. The lowest BCUT2D eigenvalue weighted by Crippen LogP contribution is -2.15. The fourth-order valence-electron chi connectivity index (χ4n) is 2.05. The standard InChI is InChI=1S/C15H15N3O5/c1-22-13-6-5-10(8-11(13)15(19)23-2)9-17-14-12(18(20)21)4-3-7-16-14/h3-8H,9H2,1-2H3,(H,16,17)/p+1. The third-order valence-electron chi connectivity index (χ3n) is 3.17. The number of pyridine rings is 1. The van der Waals surface area contributed by atoms with Crippen LogP contribution in [0.25, 0.3) is 0 Å². The first-order valence-corrected chi connectivity index (χ1v) is 6.71. The van der Waals surface area contributed by atoms with Gasteiger partial charge < -0.3 is 9.47 Å². The average Bonchev–Trinajstić information content (AvgIpc) is 2.59. The van der Waals surface area contributed by atoms with Crippen LogP contribution in [0.2, 0.25) is 0 Å². The quantitative estimate of drug-likeness (QED) is 0.495. The summed E-state index contributed by atoms with van der Waals surface area (Å²) in [5.41, 5.74) is 0.979. The molecular weight excluding hydrogens is 302 g/mol. The third-order valence-corrected chi connectivity index (χ3v) is 3.17. The van der Waals surface area contributed by atoms with Gasteiger partial charge in [-0.15, -0.1) is 0 Å². The summed E-state index contributed by atoms with van der Waals surface area (Å²) in [5, 5.41) is 13.9. The maximum Gasteiger partial charge on any atom is 0.357 e. The van der Waals surface area contributed by atoms with Crippen LogP contribution in [-0.2, 0) is 11.3 Å². The molecule has 0 aliphatic heterocycles. The van der Waals surface area contributed by atoms with Crippen molar-refractivity contribution in [3.8, 4) is 5.75 Å². The number of hydrogen-bond donors (Lipinski definition) is 1. The van der Waals surface area contributed by atoms with Gasteiger partial charge in [-0.3, -0.25) is 15.4 Å². The molecule has 8 heteroatoms. The van der Waals surface area contributed by atoms with Gasteiger partial charge in [0, 0.05) is 6.07 Å². The molecule has 1 heterocycles. The second-order valence-electron chi connectivity index (χ2n) is 4.57. The van der Waals surface area contributed by atoms with E-state index in [-0.39, 0.29) is 18.1 Å². The number of carbonyl (C=O) groups is 1. The van der Waals surface area contributed by atoms with Crippen molar-refractivity contribution in [1.82, 2.24) is 0 Å². The number of aromatic nitrogens is 1. The van der Waals surface area contributed by atoms with E-state index in [0.29, 0.717) is 11.3 Å². The van der Waals surface area contributed by atoms with Crippen LogP contribution in [0.15, 0.2) is 36.5 Å². The minimum absolute atomic E-state index is 0.0609. The molecule has 120 valence electrons. The summed E-state index contributed by atoms with van der Waals surface area (Å²) < 4.78 is 9.83. The molecule has 0 saturated heterocycles. The van der Waals surface area contributed by atoms with Crippen LogP contribution >= 0.6 is 0 Å². The molecule has 0 fully saturated rings. The zero-order chi connectivity index (χ0) is 16.8. The van der Waals surface area contributed by atoms with Crippen molar-refractivity contribution in [3.63, 3.8) is 0 Å². The summed E-state index contributed by atoms with van der Waals surface area (Å²) in [4.78, 5) is 25.0. The SMILES string of the molecule is COC(=O)c1cc(CNc2[nH+]cccc2[N+](=O)[O-])ccc1OC. The second kappa shape index (κ2) is 7.21. The summed E-state index contributed by atoms with van der Waals surface area (Å²) in [6.07, 6.45) is 1.59. The van der Waals surface area contributed by atoms with E-state index in [0.717, 1.165) is 5.56 Å². The van der Waals surface area contributed by atoms with Gasteiger partial charge in [-0.05, 0) is 23.8 Å². The van der Waals surface area contributed by atoms with E-state index < -0.39 is 10.9 Å². The van der Waals surface area contributed by atoms with Crippen LogP contribution in [0, 0.1) is 10.1 Å². The van der Waals surface area contributed by atoms with Gasteiger partial charge in [-0.1, -0.05) is 6.07 Å². The molecule has 2 N–H and O–H groups in total. The van der Waals surface area contributed by atoms with Gasteiger partial charge >= 0.3 is 17.5 Å². The topological polar surface area (TPSA) is 105 Å². The van der Waals surface area contributed by atoms with Crippen molar-refractivity contribution in [2.45, 2.75) is 6.54 Å². The Morgan fingerprint density at radius 3 is 2.78 bits per heavy atom. The van der Waals surface area contributed by atoms with Crippen molar-refractivity contribution < 1.29 is 24.2 Å². The first-order chi connectivity index (χ1) is 11.1. The van der Waals surface area contributed by atoms with E-state index in [9.17, 15) is 14.9 Å². The first-order valence-electron chi connectivity index (χ1n) is 6.71. The molecule has 23 heavy (non-hydrogen) atoms. The van der Waals surface area contributed by atoms with Gasteiger partial charge in [0.2, 0.25) is 0 Å². The minimum Gasteiger partial charge on any atom is -0.496 e. The number of aromatic amines is 1. The third kappa shape index (κ3) is 3.73. The number of nitrogens with zero attached hydrogens (tertiary/aromatic N) is 1. The highest BCUT2D eigenvalue weighted by molar-refractivity contribution is 5.92. The Balaban J connectivity index is 2.21. The summed E-state index contributed by atoms with van der Waals surface area (Å²) in [6, 6.07) is 7.96. The summed E-state index contributed by atoms with van der Waals surface area (Å²) in [7, 11) is 2.75. The molecule has 0 bridgehead atoms. The maximum atomic E-state index is 11.7. The molecule has 0 aliphatic carbocycles. The van der Waals surface area contributed by atoms with Crippen molar-refractivity contribution >= 4 is 17.5 Å². The molecule has 0 amide bonds. The summed E-state index contributed by atoms with van der Waals surface area (Å²) in [6.45, 7) is 0.287. The second-order valence-corrected chi connectivity index (χ2v) is 4.57. The molecule has 1 aromatic heterocycles. The van der Waals surface area contributed by atoms with E-state index in [1.807, 2.05) is 0 Å². The number of H-pyrrole nitrogens is 1. The van der Waals surface area contributed by atoms with E-state index >= 15 is 0 Å². The maximum absolute atomic E-state index is 11.7. The first kappa shape index (κ1) is 16.2. The van der Waals surface area contributed by atoms with Gasteiger partial charge in [-0.2, -0.15) is 0 Å². The lowest BCUT2D eigenvalue weighted by molar-refractivity contribution is -0.409. The number of methoxy groups -OCH3 is 2. The Kier molecular flexibility index (Phi) is 5.08. The molecule has 0 saturated carbocycles. The van der Waals surface area contributed by atoms with Crippen molar-refractivity contribution in [1.29, 1.82) is 0 Å². The van der Waals surface area contributed by atoms with Gasteiger partial charge in [0.15, 0.2) is 0 Å². The number of anilines is 1. The zero-order valence-corrected chi connectivity index (χ0v) is 12.7. The molecular formula is C15H16N3O5+. The fraction of sp³-hybridized carbons (Fsp3) is 0.200. The van der Waals surface area contributed by atoms with Crippen LogP contribution in [0.4, 0.5) is 11.5 Å². The average molecular weight is 318 g/mol. The van der Waals surface area contributed by atoms with Crippen molar-refractivity contribution in [2.75, 3.05) is 19.5 Å². The summed E-state index contributed by atoms with van der Waals surface area (Å²) >= 11 is 0. The largest absolute Gasteiger partial charge is 0.496 e. The molecule has 1 aromatic carbocycles. The van der Waals surface area contributed by atoms with E-state index in [1.54, 1.807) is 30.5 Å². The van der Waals surface area contributed by atoms with E-state index in [2.05, 4.69) is 10.3 Å². The monoisotopic (exact) mass is 318 g/mol. The fourth-order valence-corrected chi connectivity index (χ4v) is 2.05. The highest BCUT2D eigenvalue weighted by atomic mass is 16.6. The number of esters is 1. The number of benzene rings is 1. The molecule has 8 nitrogen and oxygen atoms in total. The number of carbonyl (C=O) groups excluding carboxylic acids is 1. The molecule has 2 rings (SSSR count). The Morgan fingerprint density at radius 1 is 1.35 bits per heavy atom. The number of hydrogen-bond acceptors (Lipinski definition) is 6. The Bertz CT molecular complexity index is 733. The number of ether oxygens (including phenoxy) is 2. The molecule has 0 unspecified atom stereocenters. The van der Waals surface area contributed by atoms with Crippen LogP contribution < -0.4 is 15.0 Å². The number of nitrogens with one attached hydrogen (secondary N) is 2. The molecule has 0 atom stereocenters. The molecule has 0 radical (unpaired) electrons. The lowest BCUT2D eigenvalue weighted by atomic mass is 10.1. The normalized spacial score (nSPS) is 10.0. The highest BCUT2D eigenvalue weighted by Gasteiger charge is 2.20. The van der Waals surface area contributed by atoms with Crippen molar-refractivity contribution in [2.24, 2.45) is 0 Å². The zero-order valence-electron chi connectivity index (χ0n) is 12.7. The van der Waals surface area contributed by atoms with Crippen LogP contribution in [0.5, 0.6) is 5.75 Å². The Hall–Kier alpha value is -3.16. The predicted molar refractivity (Wildman–Crippen MR) is 81.3 cm³/mol. The molecule has 0 spiro atoms. The minimum atomic E-state index is -0.513. The van der Waals surface area contributed by atoms with Crippen molar-refractivity contribution in [3.05, 3.63) is 57.8 Å². The van der Waals surface area contributed by atoms with Gasteiger partial charge in [0.1, 0.15) is 17.9 Å². The smallest absolute Gasteiger partial charge is 0.357 e. The predicted octanol–water partition coefficient (Wildman–Crippen LogP) is 1.82. The van der Waals surface area contributed by atoms with Gasteiger partial charge in [-0.25, -0.2) is 9.78 Å². The molecule has 0 aliphatic rings. The van der Waals surface area contributed by atoms with Crippen LogP contribution in [0.1, 0.15) is 15.9 Å². The van der Waals surface area contributed by atoms with Crippen LogP contribution in [0.3, 0.4) is 0 Å². The highest BCUT2D eigenvalue weighted by Crippen LogP contribution is 2.22. The Morgan fingerprint density at radius 2 is 2.13 bits per heavy atom. The van der Waals surface area contributed by atoms with E-state index in [1.165, 1.54) is 20.3 Å². The molecule has 2 aromatic rings. The van der Waals surface area contributed by atoms with Crippen LogP contribution in [-0.4, -0.2) is 25.1 Å². The number of nitro groups is 1.